The number of ether oxygens (including phenoxy) is 2. The normalized spacial score (nSPS) is 15.0. The first-order valence-electron chi connectivity index (χ1n) is 26.8. The molecule has 0 spiro atoms. The third-order valence-corrected chi connectivity index (χ3v) is 14.5. The molecule has 2 saturated heterocycles. The van der Waals surface area contributed by atoms with Gasteiger partial charge in [-0.25, -0.2) is 26.3 Å². The molecule has 2 atom stereocenters. The summed E-state index contributed by atoms with van der Waals surface area (Å²) in [6.07, 6.45) is 15.5. The Morgan fingerprint density at radius 1 is 0.513 bits per heavy atom. The van der Waals surface area contributed by atoms with Crippen molar-refractivity contribution in [2.24, 2.45) is 0 Å². The van der Waals surface area contributed by atoms with Crippen LogP contribution in [-0.4, -0.2) is 90.4 Å². The SMILES string of the molecule is CCCC[C@@H](NC(=O)Cc1ccc(OC(C)(C)C(=O)NS(C)(=O)=O)cc1)c1ccccc1N1CCCCC1.CCCC[C@H](NC(=O)Cc1ccc(OC(C)(C)C(=O)NS(C)(=O)=O)cc1)c1ccccc1N1CCCCC1. The average Bonchev–Trinajstić information content (AvgIpc) is 3.37. The summed E-state index contributed by atoms with van der Waals surface area (Å²) in [6, 6.07) is 30.6. The summed E-state index contributed by atoms with van der Waals surface area (Å²) in [7, 11) is -7.38. The molecule has 4 aromatic carbocycles. The van der Waals surface area contributed by atoms with Crippen LogP contribution in [0.5, 0.6) is 11.5 Å². The van der Waals surface area contributed by atoms with Crippen LogP contribution in [0.2, 0.25) is 0 Å². The molecule has 2 heterocycles. The standard InChI is InChI=1S/2C29H41N3O5S/c2*1-5-6-13-25(24-12-8-9-14-26(24)32-19-10-7-11-20-32)30-27(33)21-22-15-17-23(18-16-22)37-29(2,3)28(34)31-38(4,35)36/h2*8-9,12,14-18,25H,5-7,10-11,13,19-21H2,1-4H3,(H,30,33)(H,31,34)/t2*25-/m10/s1. The third-order valence-electron chi connectivity index (χ3n) is 13.4. The van der Waals surface area contributed by atoms with Crippen molar-refractivity contribution in [3.8, 4) is 11.5 Å². The van der Waals surface area contributed by atoms with Crippen molar-refractivity contribution >= 4 is 55.1 Å². The number of sulfonamides is 2. The molecular weight excluding hydrogens is 1000 g/mol. The molecule has 0 aromatic heterocycles. The maximum atomic E-state index is 13.1. The lowest BCUT2D eigenvalue weighted by Gasteiger charge is -2.33. The molecule has 2 aliphatic heterocycles. The van der Waals surface area contributed by atoms with Crippen LogP contribution in [-0.2, 0) is 52.1 Å². The van der Waals surface area contributed by atoms with E-state index in [1.807, 2.05) is 21.6 Å². The molecule has 2 aliphatic rings. The number of carbonyl (C=O) groups is 4. The van der Waals surface area contributed by atoms with Gasteiger partial charge in [-0.1, -0.05) is 100 Å². The van der Waals surface area contributed by atoms with Gasteiger partial charge in [-0.2, -0.15) is 0 Å². The number of amides is 4. The number of carbonyl (C=O) groups excluding carboxylic acids is 4. The Kier molecular flexibility index (Phi) is 22.6. The highest BCUT2D eigenvalue weighted by atomic mass is 32.2. The van der Waals surface area contributed by atoms with Crippen molar-refractivity contribution in [2.45, 2.75) is 155 Å². The summed E-state index contributed by atoms with van der Waals surface area (Å²) in [5.41, 5.74) is 3.63. The minimum atomic E-state index is -3.69. The molecule has 0 unspecified atom stereocenters. The molecule has 18 heteroatoms. The first kappa shape index (κ1) is 60.7. The number of rotatable bonds is 24. The van der Waals surface area contributed by atoms with E-state index < -0.39 is 43.1 Å². The smallest absolute Gasteiger partial charge is 0.277 e. The van der Waals surface area contributed by atoms with E-state index in [1.54, 1.807) is 48.5 Å². The Hall–Kier alpha value is -6.14. The number of unbranched alkanes of at least 4 members (excludes halogenated alkanes) is 2. The number of anilines is 2. The molecule has 0 radical (unpaired) electrons. The second-order valence-electron chi connectivity index (χ2n) is 21.0. The summed E-state index contributed by atoms with van der Waals surface area (Å²) in [4.78, 5) is 55.6. The van der Waals surface area contributed by atoms with Crippen molar-refractivity contribution in [3.05, 3.63) is 119 Å². The fourth-order valence-corrected chi connectivity index (χ4v) is 10.5. The van der Waals surface area contributed by atoms with Crippen LogP contribution in [0, 0.1) is 0 Å². The van der Waals surface area contributed by atoms with Gasteiger partial charge in [-0.3, -0.25) is 19.2 Å². The molecule has 0 bridgehead atoms. The van der Waals surface area contributed by atoms with Gasteiger partial charge in [0.05, 0.1) is 37.4 Å². The quantitative estimate of drug-likeness (QED) is 0.0518. The Labute approximate surface area is 452 Å². The Bertz CT molecular complexity index is 2570. The van der Waals surface area contributed by atoms with Crippen LogP contribution < -0.4 is 39.4 Å². The van der Waals surface area contributed by atoms with Crippen LogP contribution in [0.15, 0.2) is 97.1 Å². The highest BCUT2D eigenvalue weighted by molar-refractivity contribution is 7.89. The number of hydrogen-bond donors (Lipinski definition) is 4. The van der Waals surface area contributed by atoms with Gasteiger partial charge in [-0.05, 0) is 138 Å². The molecule has 0 aliphatic carbocycles. The van der Waals surface area contributed by atoms with Crippen LogP contribution >= 0.6 is 0 Å². The van der Waals surface area contributed by atoms with Crippen molar-refractivity contribution in [3.63, 3.8) is 0 Å². The fraction of sp³-hybridized carbons (Fsp3) is 0.517. The highest BCUT2D eigenvalue weighted by Gasteiger charge is 2.33. The summed E-state index contributed by atoms with van der Waals surface area (Å²) in [6.45, 7) is 14.5. The minimum Gasteiger partial charge on any atom is -0.478 e. The minimum absolute atomic E-state index is 0.0546. The lowest BCUT2D eigenvalue weighted by molar-refractivity contribution is -0.132. The highest BCUT2D eigenvalue weighted by Crippen LogP contribution is 2.33. The second kappa shape index (κ2) is 28.3. The Balaban J connectivity index is 0.000000281. The lowest BCUT2D eigenvalue weighted by atomic mass is 9.97. The first-order chi connectivity index (χ1) is 36.0. The molecule has 6 rings (SSSR count). The van der Waals surface area contributed by atoms with Gasteiger partial charge in [0.1, 0.15) is 11.5 Å². The number of nitrogens with zero attached hydrogens (tertiary/aromatic N) is 2. The predicted molar refractivity (Wildman–Crippen MR) is 302 cm³/mol. The van der Waals surface area contributed by atoms with Crippen LogP contribution in [0.1, 0.15) is 153 Å². The molecule has 4 aromatic rings. The molecule has 0 saturated carbocycles. The largest absolute Gasteiger partial charge is 0.478 e. The van der Waals surface area contributed by atoms with Crippen molar-refractivity contribution in [1.82, 2.24) is 20.1 Å². The molecule has 416 valence electrons. The maximum Gasteiger partial charge on any atom is 0.277 e. The van der Waals surface area contributed by atoms with E-state index in [0.717, 1.165) is 88.3 Å². The van der Waals surface area contributed by atoms with Gasteiger partial charge >= 0.3 is 0 Å². The van der Waals surface area contributed by atoms with Gasteiger partial charge in [0.25, 0.3) is 11.8 Å². The van der Waals surface area contributed by atoms with E-state index >= 15 is 0 Å². The topological polar surface area (TPSA) is 210 Å². The molecule has 76 heavy (non-hydrogen) atoms. The molecule has 4 amide bonds. The Morgan fingerprint density at radius 2 is 0.842 bits per heavy atom. The summed E-state index contributed by atoms with van der Waals surface area (Å²) >= 11 is 0. The number of nitrogens with one attached hydrogen (secondary N) is 4. The van der Waals surface area contributed by atoms with Crippen molar-refractivity contribution in [2.75, 3.05) is 48.5 Å². The van der Waals surface area contributed by atoms with Crippen molar-refractivity contribution < 1.29 is 45.5 Å². The van der Waals surface area contributed by atoms with E-state index in [0.29, 0.717) is 11.5 Å². The maximum absolute atomic E-state index is 13.1. The third kappa shape index (κ3) is 19.8. The molecule has 16 nitrogen and oxygen atoms in total. The van der Waals surface area contributed by atoms with Gasteiger partial charge in [0.2, 0.25) is 31.9 Å². The lowest BCUT2D eigenvalue weighted by Crippen LogP contribution is -2.48. The Morgan fingerprint density at radius 3 is 1.16 bits per heavy atom. The van der Waals surface area contributed by atoms with Gasteiger partial charge in [-0.15, -0.1) is 0 Å². The monoisotopic (exact) mass is 1090 g/mol. The molecule has 2 fully saturated rings. The average molecular weight is 1090 g/mol. The second-order valence-corrected chi connectivity index (χ2v) is 24.5. The summed E-state index contributed by atoms with van der Waals surface area (Å²) in [5.74, 6) is -0.821. The van der Waals surface area contributed by atoms with E-state index in [-0.39, 0.29) is 36.7 Å². The van der Waals surface area contributed by atoms with E-state index in [2.05, 4.69) is 70.7 Å². The molecule has 4 N–H and O–H groups in total. The van der Waals surface area contributed by atoms with Crippen molar-refractivity contribution in [1.29, 1.82) is 0 Å². The van der Waals surface area contributed by atoms with Crippen LogP contribution in [0.25, 0.3) is 0 Å². The van der Waals surface area contributed by atoms with Crippen LogP contribution in [0.4, 0.5) is 11.4 Å². The summed E-state index contributed by atoms with van der Waals surface area (Å²) < 4.78 is 60.9. The van der Waals surface area contributed by atoms with E-state index in [4.69, 9.17) is 9.47 Å². The number of piperidine rings is 2. The number of hydrogen-bond acceptors (Lipinski definition) is 12. The number of benzene rings is 4. The van der Waals surface area contributed by atoms with Gasteiger partial charge in [0, 0.05) is 37.6 Å². The predicted octanol–water partition coefficient (Wildman–Crippen LogP) is 9.00. The number of para-hydroxylation sites is 2. The first-order valence-corrected chi connectivity index (χ1v) is 30.6. The van der Waals surface area contributed by atoms with E-state index in [1.165, 1.54) is 88.7 Å². The zero-order chi connectivity index (χ0) is 55.5. The zero-order valence-corrected chi connectivity index (χ0v) is 47.5. The van der Waals surface area contributed by atoms with E-state index in [9.17, 15) is 36.0 Å². The molecular formula is C58H82N6O10S2. The fourth-order valence-electron chi connectivity index (χ4n) is 9.31. The summed E-state index contributed by atoms with van der Waals surface area (Å²) in [5, 5.41) is 6.56. The zero-order valence-electron chi connectivity index (χ0n) is 45.9. The van der Waals surface area contributed by atoms with Gasteiger partial charge < -0.3 is 29.9 Å². The van der Waals surface area contributed by atoms with Crippen LogP contribution in [0.3, 0.4) is 0 Å². The van der Waals surface area contributed by atoms with Gasteiger partial charge in [0.15, 0.2) is 11.2 Å².